The molecule has 0 amide bonds. The highest BCUT2D eigenvalue weighted by molar-refractivity contribution is 9.10. The minimum Gasteiger partial charge on any atom is -0.281 e. The highest BCUT2D eigenvalue weighted by atomic mass is 79.9. The van der Waals surface area contributed by atoms with E-state index in [0.29, 0.717) is 5.88 Å². The van der Waals surface area contributed by atoms with Crippen molar-refractivity contribution in [1.82, 2.24) is 10.2 Å². The largest absolute Gasteiger partial charge is 0.281 e. The van der Waals surface area contributed by atoms with Gasteiger partial charge in [-0.1, -0.05) is 28.1 Å². The predicted octanol–water partition coefficient (Wildman–Crippen LogP) is 3.58. The van der Waals surface area contributed by atoms with Crippen LogP contribution in [0.5, 0.6) is 0 Å². The molecule has 14 heavy (non-hydrogen) atoms. The fraction of sp³-hybridized carbons (Fsp3) is 0.100. The molecular weight excluding hydrogens is 263 g/mol. The quantitative estimate of drug-likeness (QED) is 0.831. The first-order chi connectivity index (χ1) is 6.79. The minimum absolute atomic E-state index is 0.462. The number of hydrogen-bond acceptors (Lipinski definition) is 1. The van der Waals surface area contributed by atoms with Gasteiger partial charge in [0.2, 0.25) is 0 Å². The average Bonchev–Trinajstić information content (AvgIpc) is 2.67. The number of nitrogens with zero attached hydrogens (tertiary/aromatic N) is 1. The molecule has 4 heteroatoms. The lowest BCUT2D eigenvalue weighted by atomic mass is 10.1. The van der Waals surface area contributed by atoms with Crippen LogP contribution >= 0.6 is 27.5 Å². The van der Waals surface area contributed by atoms with Crippen molar-refractivity contribution in [1.29, 1.82) is 0 Å². The maximum atomic E-state index is 5.67. The second-order valence-electron chi connectivity index (χ2n) is 2.92. The van der Waals surface area contributed by atoms with Gasteiger partial charge in [-0.25, -0.2) is 0 Å². The van der Waals surface area contributed by atoms with Crippen molar-refractivity contribution >= 4 is 27.5 Å². The van der Waals surface area contributed by atoms with Crippen LogP contribution in [0.3, 0.4) is 0 Å². The molecule has 0 aliphatic carbocycles. The van der Waals surface area contributed by atoms with Gasteiger partial charge in [0.05, 0.1) is 17.3 Å². The monoisotopic (exact) mass is 270 g/mol. The zero-order valence-electron chi connectivity index (χ0n) is 7.30. The van der Waals surface area contributed by atoms with Crippen molar-refractivity contribution in [2.24, 2.45) is 0 Å². The first-order valence-corrected chi connectivity index (χ1v) is 5.48. The van der Waals surface area contributed by atoms with E-state index in [0.717, 1.165) is 21.4 Å². The van der Waals surface area contributed by atoms with Gasteiger partial charge in [-0.3, -0.25) is 5.10 Å². The van der Waals surface area contributed by atoms with Crippen LogP contribution in [0.2, 0.25) is 0 Å². The summed E-state index contributed by atoms with van der Waals surface area (Å²) >= 11 is 9.06. The fourth-order valence-corrected chi connectivity index (χ4v) is 1.60. The molecule has 1 aromatic carbocycles. The van der Waals surface area contributed by atoms with E-state index in [2.05, 4.69) is 26.1 Å². The third kappa shape index (κ3) is 1.99. The molecule has 0 fully saturated rings. The Morgan fingerprint density at radius 2 is 2.00 bits per heavy atom. The summed E-state index contributed by atoms with van der Waals surface area (Å²) in [6.07, 6.45) is 0. The molecular formula is C10H8BrClN2. The maximum Gasteiger partial charge on any atom is 0.0923 e. The molecule has 0 saturated carbocycles. The smallest absolute Gasteiger partial charge is 0.0923 e. The maximum absolute atomic E-state index is 5.67. The Balaban J connectivity index is 2.34. The Labute approximate surface area is 95.4 Å². The summed E-state index contributed by atoms with van der Waals surface area (Å²) in [5, 5.41) is 7.04. The van der Waals surface area contributed by atoms with Gasteiger partial charge in [0, 0.05) is 10.0 Å². The normalized spacial score (nSPS) is 10.4. The zero-order chi connectivity index (χ0) is 9.97. The summed E-state index contributed by atoms with van der Waals surface area (Å²) in [4.78, 5) is 0. The van der Waals surface area contributed by atoms with Crippen LogP contribution in [-0.4, -0.2) is 10.2 Å². The molecule has 2 nitrogen and oxygen atoms in total. The number of H-pyrrole nitrogens is 1. The van der Waals surface area contributed by atoms with Crippen LogP contribution in [-0.2, 0) is 5.88 Å². The molecule has 1 aromatic heterocycles. The number of hydrogen-bond donors (Lipinski definition) is 1. The average molecular weight is 272 g/mol. The lowest BCUT2D eigenvalue weighted by Gasteiger charge is -1.95. The van der Waals surface area contributed by atoms with E-state index >= 15 is 0 Å². The molecule has 72 valence electrons. The van der Waals surface area contributed by atoms with Gasteiger partial charge in [0.15, 0.2) is 0 Å². The molecule has 0 saturated heterocycles. The van der Waals surface area contributed by atoms with Gasteiger partial charge in [0.25, 0.3) is 0 Å². The van der Waals surface area contributed by atoms with Gasteiger partial charge in [-0.05, 0) is 18.2 Å². The predicted molar refractivity (Wildman–Crippen MR) is 61.3 cm³/mol. The molecule has 2 aromatic rings. The molecule has 0 unspecified atom stereocenters. The first kappa shape index (κ1) is 9.74. The Bertz CT molecular complexity index is 422. The zero-order valence-corrected chi connectivity index (χ0v) is 9.64. The summed E-state index contributed by atoms with van der Waals surface area (Å²) in [6, 6.07) is 9.96. The number of rotatable bonds is 2. The Kier molecular flexibility index (Phi) is 2.89. The van der Waals surface area contributed by atoms with Crippen molar-refractivity contribution in [2.75, 3.05) is 0 Å². The van der Waals surface area contributed by atoms with Crippen molar-refractivity contribution in [2.45, 2.75) is 5.88 Å². The highest BCUT2D eigenvalue weighted by Gasteiger charge is 2.02. The topological polar surface area (TPSA) is 28.7 Å². The summed E-state index contributed by atoms with van der Waals surface area (Å²) in [7, 11) is 0. The summed E-state index contributed by atoms with van der Waals surface area (Å²) in [5.41, 5.74) is 2.94. The van der Waals surface area contributed by atoms with Crippen molar-refractivity contribution in [3.8, 4) is 11.3 Å². The number of aromatic nitrogens is 2. The van der Waals surface area contributed by atoms with Gasteiger partial charge in [-0.2, -0.15) is 5.10 Å². The lowest BCUT2D eigenvalue weighted by molar-refractivity contribution is 1.04. The first-order valence-electron chi connectivity index (χ1n) is 4.16. The van der Waals surface area contributed by atoms with Crippen LogP contribution in [0.25, 0.3) is 11.3 Å². The summed E-state index contributed by atoms with van der Waals surface area (Å²) < 4.78 is 1.06. The van der Waals surface area contributed by atoms with Crippen molar-refractivity contribution in [3.63, 3.8) is 0 Å². The Morgan fingerprint density at radius 3 is 2.57 bits per heavy atom. The SMILES string of the molecule is ClCc1cc(-c2ccc(Br)cc2)n[nH]1. The second kappa shape index (κ2) is 4.15. The van der Waals surface area contributed by atoms with Crippen molar-refractivity contribution in [3.05, 3.63) is 40.5 Å². The summed E-state index contributed by atoms with van der Waals surface area (Å²) in [6.45, 7) is 0. The number of halogens is 2. The van der Waals surface area contributed by atoms with Gasteiger partial charge in [-0.15, -0.1) is 11.6 Å². The molecule has 0 aliphatic rings. The van der Waals surface area contributed by atoms with E-state index in [4.69, 9.17) is 11.6 Å². The third-order valence-electron chi connectivity index (χ3n) is 1.91. The number of benzene rings is 1. The standard InChI is InChI=1S/C10H8BrClN2/c11-8-3-1-7(2-4-8)10-5-9(6-12)13-14-10/h1-5H,6H2,(H,13,14). The van der Waals surface area contributed by atoms with E-state index in [9.17, 15) is 0 Å². The van der Waals surface area contributed by atoms with E-state index in [-0.39, 0.29) is 0 Å². The van der Waals surface area contributed by atoms with E-state index < -0.39 is 0 Å². The highest BCUT2D eigenvalue weighted by Crippen LogP contribution is 2.20. The molecule has 2 rings (SSSR count). The second-order valence-corrected chi connectivity index (χ2v) is 4.10. The summed E-state index contributed by atoms with van der Waals surface area (Å²) in [5.74, 6) is 0.462. The van der Waals surface area contributed by atoms with Crippen LogP contribution in [0.1, 0.15) is 5.69 Å². The molecule has 0 aliphatic heterocycles. The number of nitrogens with one attached hydrogen (secondary N) is 1. The molecule has 0 spiro atoms. The Morgan fingerprint density at radius 1 is 1.29 bits per heavy atom. The molecule has 1 N–H and O–H groups in total. The fourth-order valence-electron chi connectivity index (χ4n) is 1.20. The van der Waals surface area contributed by atoms with Crippen LogP contribution in [0.4, 0.5) is 0 Å². The lowest BCUT2D eigenvalue weighted by Crippen LogP contribution is -1.76. The van der Waals surface area contributed by atoms with Gasteiger partial charge < -0.3 is 0 Å². The minimum atomic E-state index is 0.462. The molecule has 0 bridgehead atoms. The molecule has 0 atom stereocenters. The Hall–Kier alpha value is -0.800. The van der Waals surface area contributed by atoms with Crippen LogP contribution in [0.15, 0.2) is 34.8 Å². The van der Waals surface area contributed by atoms with Crippen molar-refractivity contribution < 1.29 is 0 Å². The van der Waals surface area contributed by atoms with Crippen LogP contribution in [0, 0.1) is 0 Å². The van der Waals surface area contributed by atoms with Gasteiger partial charge in [0.1, 0.15) is 0 Å². The van der Waals surface area contributed by atoms with Gasteiger partial charge >= 0.3 is 0 Å². The van der Waals surface area contributed by atoms with E-state index in [1.54, 1.807) is 0 Å². The number of aromatic amines is 1. The molecule has 0 radical (unpaired) electrons. The van der Waals surface area contributed by atoms with Crippen LogP contribution < -0.4 is 0 Å². The third-order valence-corrected chi connectivity index (χ3v) is 2.73. The molecule has 1 heterocycles. The van der Waals surface area contributed by atoms with E-state index in [1.165, 1.54) is 0 Å². The number of alkyl halides is 1. The van der Waals surface area contributed by atoms with E-state index in [1.807, 2.05) is 30.3 Å².